The van der Waals surface area contributed by atoms with E-state index in [0.717, 1.165) is 11.4 Å². The highest BCUT2D eigenvalue weighted by Gasteiger charge is 2.26. The molecule has 0 spiro atoms. The third-order valence-corrected chi connectivity index (χ3v) is 4.87. The first kappa shape index (κ1) is 17.8. The molecule has 2 aromatic rings. The molecule has 3 rings (SSSR count). The zero-order valence-electron chi connectivity index (χ0n) is 14.6. The van der Waals surface area contributed by atoms with Crippen molar-refractivity contribution in [3.63, 3.8) is 0 Å². The predicted octanol–water partition coefficient (Wildman–Crippen LogP) is 2.00. The summed E-state index contributed by atoms with van der Waals surface area (Å²) in [5, 5.41) is 8.79. The smallest absolute Gasteiger partial charge is 0.233 e. The number of carbonyl (C=O) groups excluding carboxylic acids is 1. The molecule has 1 saturated heterocycles. The van der Waals surface area contributed by atoms with E-state index in [0.29, 0.717) is 24.0 Å². The molecule has 8 heteroatoms. The van der Waals surface area contributed by atoms with Crippen molar-refractivity contribution < 1.29 is 14.3 Å². The van der Waals surface area contributed by atoms with Gasteiger partial charge in [0.05, 0.1) is 30.8 Å². The van der Waals surface area contributed by atoms with E-state index in [1.54, 1.807) is 13.4 Å². The fourth-order valence-corrected chi connectivity index (χ4v) is 3.69. The summed E-state index contributed by atoms with van der Waals surface area (Å²) in [5.41, 5.74) is 0.896. The van der Waals surface area contributed by atoms with Gasteiger partial charge < -0.3 is 14.4 Å². The SMILES string of the molecule is COc1cccc(-n2cnnc2SCC(=O)N2C[C@@H](C)O[C@H](C)C2)c1. The highest BCUT2D eigenvalue weighted by molar-refractivity contribution is 7.99. The normalized spacial score (nSPS) is 20.5. The minimum atomic E-state index is 0.0677. The van der Waals surface area contributed by atoms with Crippen molar-refractivity contribution in [2.75, 3.05) is 26.0 Å². The third-order valence-electron chi connectivity index (χ3n) is 3.95. The lowest BCUT2D eigenvalue weighted by molar-refractivity contribution is -0.140. The Bertz CT molecular complexity index is 726. The van der Waals surface area contributed by atoms with Crippen LogP contribution in [0.2, 0.25) is 0 Å². The van der Waals surface area contributed by atoms with E-state index >= 15 is 0 Å². The van der Waals surface area contributed by atoms with Crippen LogP contribution in [0.15, 0.2) is 35.7 Å². The van der Waals surface area contributed by atoms with Crippen LogP contribution in [-0.4, -0.2) is 63.7 Å². The number of carbonyl (C=O) groups is 1. The van der Waals surface area contributed by atoms with E-state index in [1.807, 2.05) is 47.6 Å². The lowest BCUT2D eigenvalue weighted by Crippen LogP contribution is -2.48. The second-order valence-corrected chi connectivity index (χ2v) is 6.97. The summed E-state index contributed by atoms with van der Waals surface area (Å²) in [5.74, 6) is 1.17. The van der Waals surface area contributed by atoms with Gasteiger partial charge >= 0.3 is 0 Å². The molecule has 25 heavy (non-hydrogen) atoms. The van der Waals surface area contributed by atoms with Crippen LogP contribution in [0, 0.1) is 0 Å². The molecular formula is C17H22N4O3S. The first-order valence-electron chi connectivity index (χ1n) is 8.17. The Morgan fingerprint density at radius 2 is 2.12 bits per heavy atom. The Kier molecular flexibility index (Phi) is 5.60. The molecule has 2 heterocycles. The summed E-state index contributed by atoms with van der Waals surface area (Å²) in [6.45, 7) is 5.24. The molecule has 1 aliphatic heterocycles. The fraction of sp³-hybridized carbons (Fsp3) is 0.471. The van der Waals surface area contributed by atoms with Crippen molar-refractivity contribution in [2.45, 2.75) is 31.2 Å². The van der Waals surface area contributed by atoms with Crippen LogP contribution in [0.25, 0.3) is 5.69 Å². The number of methoxy groups -OCH3 is 1. The van der Waals surface area contributed by atoms with E-state index in [4.69, 9.17) is 9.47 Å². The maximum atomic E-state index is 12.5. The molecule has 0 N–H and O–H groups in total. The van der Waals surface area contributed by atoms with Crippen LogP contribution in [0.4, 0.5) is 0 Å². The van der Waals surface area contributed by atoms with Gasteiger partial charge in [0.15, 0.2) is 5.16 Å². The predicted molar refractivity (Wildman–Crippen MR) is 95.2 cm³/mol. The molecule has 0 unspecified atom stereocenters. The molecule has 1 amide bonds. The van der Waals surface area contributed by atoms with E-state index in [2.05, 4.69) is 10.2 Å². The molecule has 1 fully saturated rings. The molecule has 0 aliphatic carbocycles. The van der Waals surface area contributed by atoms with Gasteiger partial charge in [0.2, 0.25) is 5.91 Å². The van der Waals surface area contributed by atoms with E-state index < -0.39 is 0 Å². The maximum absolute atomic E-state index is 12.5. The van der Waals surface area contributed by atoms with Crippen LogP contribution in [0.5, 0.6) is 5.75 Å². The maximum Gasteiger partial charge on any atom is 0.233 e. The highest BCUT2D eigenvalue weighted by atomic mass is 32.2. The summed E-state index contributed by atoms with van der Waals surface area (Å²) in [6, 6.07) is 7.64. The Hall–Kier alpha value is -2.06. The summed E-state index contributed by atoms with van der Waals surface area (Å²) in [7, 11) is 1.63. The van der Waals surface area contributed by atoms with Crippen molar-refractivity contribution in [1.29, 1.82) is 0 Å². The lowest BCUT2D eigenvalue weighted by atomic mass is 10.2. The zero-order valence-corrected chi connectivity index (χ0v) is 15.4. The first-order valence-corrected chi connectivity index (χ1v) is 9.16. The standard InChI is InChI=1S/C17H22N4O3S/c1-12-8-20(9-13(2)24-12)16(22)10-25-17-19-18-11-21(17)14-5-4-6-15(7-14)23-3/h4-7,11-13H,8-10H2,1-3H3/t12-,13-/m1/s1. The third kappa shape index (κ3) is 4.32. The van der Waals surface area contributed by atoms with E-state index in [-0.39, 0.29) is 18.1 Å². The van der Waals surface area contributed by atoms with Gasteiger partial charge in [-0.1, -0.05) is 17.8 Å². The second kappa shape index (κ2) is 7.88. The lowest BCUT2D eigenvalue weighted by Gasteiger charge is -2.35. The first-order chi connectivity index (χ1) is 12.1. The van der Waals surface area contributed by atoms with E-state index in [1.165, 1.54) is 11.8 Å². The van der Waals surface area contributed by atoms with Gasteiger partial charge in [0.25, 0.3) is 0 Å². The molecule has 7 nitrogen and oxygen atoms in total. The molecule has 0 bridgehead atoms. The summed E-state index contributed by atoms with van der Waals surface area (Å²) in [4.78, 5) is 14.4. The molecule has 1 aromatic heterocycles. The van der Waals surface area contributed by atoms with E-state index in [9.17, 15) is 4.79 Å². The Balaban J connectivity index is 1.66. The van der Waals surface area contributed by atoms with Crippen LogP contribution in [0.1, 0.15) is 13.8 Å². The van der Waals surface area contributed by atoms with Crippen molar-refractivity contribution in [3.05, 3.63) is 30.6 Å². The number of nitrogens with zero attached hydrogens (tertiary/aromatic N) is 4. The summed E-state index contributed by atoms with van der Waals surface area (Å²) >= 11 is 1.38. The highest BCUT2D eigenvalue weighted by Crippen LogP contribution is 2.23. The molecule has 0 saturated carbocycles. The Morgan fingerprint density at radius 3 is 2.84 bits per heavy atom. The topological polar surface area (TPSA) is 69.5 Å². The number of ether oxygens (including phenoxy) is 2. The monoisotopic (exact) mass is 362 g/mol. The van der Waals surface area contributed by atoms with Crippen LogP contribution in [-0.2, 0) is 9.53 Å². The van der Waals surface area contributed by atoms with Gasteiger partial charge in [0.1, 0.15) is 12.1 Å². The van der Waals surface area contributed by atoms with Crippen molar-refractivity contribution in [3.8, 4) is 11.4 Å². The summed E-state index contributed by atoms with van der Waals surface area (Å²) in [6.07, 6.45) is 1.77. The van der Waals surface area contributed by atoms with Gasteiger partial charge in [-0.05, 0) is 26.0 Å². The van der Waals surface area contributed by atoms with Crippen LogP contribution in [0.3, 0.4) is 0 Å². The average molecular weight is 362 g/mol. The number of amides is 1. The fourth-order valence-electron chi connectivity index (χ4n) is 2.86. The Labute approximate surface area is 151 Å². The number of aromatic nitrogens is 3. The van der Waals surface area contributed by atoms with Crippen molar-refractivity contribution >= 4 is 17.7 Å². The molecule has 0 radical (unpaired) electrons. The van der Waals surface area contributed by atoms with Crippen molar-refractivity contribution in [2.24, 2.45) is 0 Å². The molecule has 134 valence electrons. The number of hydrogen-bond acceptors (Lipinski definition) is 6. The van der Waals surface area contributed by atoms with Gasteiger partial charge in [0, 0.05) is 19.2 Å². The van der Waals surface area contributed by atoms with Gasteiger partial charge in [-0.3, -0.25) is 9.36 Å². The number of morpholine rings is 1. The molecule has 2 atom stereocenters. The van der Waals surface area contributed by atoms with Gasteiger partial charge in [-0.25, -0.2) is 0 Å². The van der Waals surface area contributed by atoms with Crippen LogP contribution >= 0.6 is 11.8 Å². The number of benzene rings is 1. The molecule has 1 aliphatic rings. The average Bonchev–Trinajstić information content (AvgIpc) is 3.07. The zero-order chi connectivity index (χ0) is 17.8. The second-order valence-electron chi connectivity index (χ2n) is 6.03. The molecule has 1 aromatic carbocycles. The number of thioether (sulfide) groups is 1. The Morgan fingerprint density at radius 1 is 1.36 bits per heavy atom. The minimum Gasteiger partial charge on any atom is -0.497 e. The number of rotatable bonds is 5. The number of hydrogen-bond donors (Lipinski definition) is 0. The van der Waals surface area contributed by atoms with Gasteiger partial charge in [-0.2, -0.15) is 0 Å². The van der Waals surface area contributed by atoms with Crippen LogP contribution < -0.4 is 4.74 Å². The largest absolute Gasteiger partial charge is 0.497 e. The summed E-state index contributed by atoms with van der Waals surface area (Å²) < 4.78 is 12.8. The molecular weight excluding hydrogens is 340 g/mol. The van der Waals surface area contributed by atoms with Crippen molar-refractivity contribution in [1.82, 2.24) is 19.7 Å². The minimum absolute atomic E-state index is 0.0677. The van der Waals surface area contributed by atoms with Gasteiger partial charge in [-0.15, -0.1) is 10.2 Å². The quantitative estimate of drug-likeness (QED) is 0.758.